The first-order chi connectivity index (χ1) is 8.11. The zero-order valence-electron chi connectivity index (χ0n) is 8.90. The van der Waals surface area contributed by atoms with Crippen LogP contribution in [0.15, 0.2) is 27.2 Å². The van der Waals surface area contributed by atoms with Gasteiger partial charge in [0.2, 0.25) is 0 Å². The Bertz CT molecular complexity index is 567. The molecule has 1 aromatic heterocycles. The molecule has 0 fully saturated rings. The quantitative estimate of drug-likeness (QED) is 0.818. The predicted octanol–water partition coefficient (Wildman–Crippen LogP) is 1.44. The summed E-state index contributed by atoms with van der Waals surface area (Å²) in [6, 6.07) is 5.26. The van der Waals surface area contributed by atoms with E-state index in [1.807, 2.05) is 0 Å². The van der Waals surface area contributed by atoms with Crippen LogP contribution in [0.25, 0.3) is 11.5 Å². The third-order valence-electron chi connectivity index (χ3n) is 2.10. The first-order valence-electron chi connectivity index (χ1n) is 4.73. The third-order valence-corrected chi connectivity index (χ3v) is 2.60. The lowest BCUT2D eigenvalue weighted by atomic mass is 10.2. The highest BCUT2D eigenvalue weighted by Gasteiger charge is 2.16. The van der Waals surface area contributed by atoms with Crippen LogP contribution in [0.1, 0.15) is 10.6 Å². The largest absolute Gasteiger partial charge is 0.398 e. The molecule has 7 heteroatoms. The second kappa shape index (κ2) is 4.54. The van der Waals surface area contributed by atoms with Gasteiger partial charge in [0.15, 0.2) is 0 Å². The number of carbonyl (C=O) groups is 1. The normalized spacial score (nSPS) is 10.2. The molecule has 3 N–H and O–H groups in total. The maximum Gasteiger partial charge on any atom is 0.292 e. The van der Waals surface area contributed by atoms with E-state index in [1.165, 1.54) is 7.05 Å². The van der Waals surface area contributed by atoms with Crippen LogP contribution in [0, 0.1) is 0 Å². The molecule has 1 heterocycles. The van der Waals surface area contributed by atoms with Crippen LogP contribution >= 0.6 is 15.9 Å². The molecule has 0 radical (unpaired) electrons. The Kier molecular flexibility index (Phi) is 3.10. The molecule has 88 valence electrons. The lowest BCUT2D eigenvalue weighted by Crippen LogP contribution is -2.19. The summed E-state index contributed by atoms with van der Waals surface area (Å²) in [4.78, 5) is 15.2. The molecule has 2 rings (SSSR count). The van der Waals surface area contributed by atoms with E-state index in [2.05, 4.69) is 31.4 Å². The highest BCUT2D eigenvalue weighted by atomic mass is 79.9. The van der Waals surface area contributed by atoms with Crippen LogP contribution in [0.5, 0.6) is 0 Å². The minimum Gasteiger partial charge on any atom is -0.398 e. The highest BCUT2D eigenvalue weighted by Crippen LogP contribution is 2.27. The number of hydrogen-bond donors (Lipinski definition) is 2. The van der Waals surface area contributed by atoms with Gasteiger partial charge in [-0.1, -0.05) is 21.1 Å². The number of anilines is 1. The number of rotatable bonds is 2. The average molecular weight is 297 g/mol. The fourth-order valence-corrected chi connectivity index (χ4v) is 1.61. The maximum absolute atomic E-state index is 11.3. The van der Waals surface area contributed by atoms with E-state index in [4.69, 9.17) is 10.3 Å². The Morgan fingerprint density at radius 2 is 2.29 bits per heavy atom. The summed E-state index contributed by atoms with van der Waals surface area (Å²) in [7, 11) is 1.49. The fraction of sp³-hybridized carbons (Fsp3) is 0.100. The number of nitrogens with one attached hydrogen (secondary N) is 1. The number of carbonyl (C=O) groups excluding carboxylic acids is 1. The van der Waals surface area contributed by atoms with Crippen molar-refractivity contribution in [2.24, 2.45) is 0 Å². The van der Waals surface area contributed by atoms with Gasteiger partial charge in [-0.25, -0.2) is 0 Å². The Morgan fingerprint density at radius 3 is 3.00 bits per heavy atom. The standard InChI is InChI=1S/C10H9BrN4O2/c1-13-9(16)8-14-10(17-15-8)6-4-5(11)2-3-7(6)12/h2-4H,12H2,1H3,(H,13,16). The number of nitrogens with two attached hydrogens (primary N) is 1. The van der Waals surface area contributed by atoms with Crippen molar-refractivity contribution in [1.82, 2.24) is 15.5 Å². The smallest absolute Gasteiger partial charge is 0.292 e. The highest BCUT2D eigenvalue weighted by molar-refractivity contribution is 9.10. The van der Waals surface area contributed by atoms with Crippen molar-refractivity contribution < 1.29 is 9.32 Å². The van der Waals surface area contributed by atoms with Crippen LogP contribution in [0.2, 0.25) is 0 Å². The van der Waals surface area contributed by atoms with Gasteiger partial charge in [-0.3, -0.25) is 4.79 Å². The molecule has 2 aromatic rings. The predicted molar refractivity (Wildman–Crippen MR) is 65.2 cm³/mol. The van der Waals surface area contributed by atoms with Crippen molar-refractivity contribution in [3.63, 3.8) is 0 Å². The van der Waals surface area contributed by atoms with E-state index in [-0.39, 0.29) is 11.7 Å². The topological polar surface area (TPSA) is 94.0 Å². The molecule has 0 bridgehead atoms. The van der Waals surface area contributed by atoms with Gasteiger partial charge in [0, 0.05) is 17.2 Å². The van der Waals surface area contributed by atoms with E-state index in [0.29, 0.717) is 11.3 Å². The number of benzene rings is 1. The molecule has 0 unspecified atom stereocenters. The third kappa shape index (κ3) is 2.28. The van der Waals surface area contributed by atoms with Gasteiger partial charge in [-0.2, -0.15) is 4.98 Å². The monoisotopic (exact) mass is 296 g/mol. The Hall–Kier alpha value is -1.89. The van der Waals surface area contributed by atoms with Gasteiger partial charge < -0.3 is 15.6 Å². The summed E-state index contributed by atoms with van der Waals surface area (Å²) < 4.78 is 5.82. The molecule has 0 spiro atoms. The van der Waals surface area contributed by atoms with Crippen LogP contribution in [-0.4, -0.2) is 23.1 Å². The van der Waals surface area contributed by atoms with Gasteiger partial charge in [-0.15, -0.1) is 0 Å². The minimum absolute atomic E-state index is 0.0260. The number of hydrogen-bond acceptors (Lipinski definition) is 5. The van der Waals surface area contributed by atoms with Crippen LogP contribution in [0.4, 0.5) is 5.69 Å². The first-order valence-corrected chi connectivity index (χ1v) is 5.52. The summed E-state index contributed by atoms with van der Waals surface area (Å²) in [5.74, 6) is -0.224. The van der Waals surface area contributed by atoms with E-state index in [9.17, 15) is 4.79 Å². The van der Waals surface area contributed by atoms with Gasteiger partial charge >= 0.3 is 0 Å². The molecule has 6 nitrogen and oxygen atoms in total. The van der Waals surface area contributed by atoms with Gasteiger partial charge in [0.25, 0.3) is 17.6 Å². The maximum atomic E-state index is 11.3. The molecule has 1 aromatic carbocycles. The van der Waals surface area contributed by atoms with Gasteiger partial charge in [-0.05, 0) is 18.2 Å². The molecule has 0 atom stereocenters. The number of nitrogen functional groups attached to an aromatic ring is 1. The van der Waals surface area contributed by atoms with E-state index in [0.717, 1.165) is 4.47 Å². The van der Waals surface area contributed by atoms with E-state index in [1.54, 1.807) is 18.2 Å². The Labute approximate surface area is 105 Å². The van der Waals surface area contributed by atoms with Crippen molar-refractivity contribution in [1.29, 1.82) is 0 Å². The van der Waals surface area contributed by atoms with E-state index >= 15 is 0 Å². The zero-order valence-corrected chi connectivity index (χ0v) is 10.5. The second-order valence-corrected chi connectivity index (χ2v) is 4.15. The molecule has 0 saturated carbocycles. The van der Waals surface area contributed by atoms with Crippen molar-refractivity contribution in [2.45, 2.75) is 0 Å². The summed E-state index contributed by atoms with van der Waals surface area (Å²) in [6.07, 6.45) is 0. The number of amides is 1. The molecule has 0 saturated heterocycles. The molecule has 17 heavy (non-hydrogen) atoms. The molecule has 1 amide bonds. The number of halogens is 1. The molecular formula is C10H9BrN4O2. The van der Waals surface area contributed by atoms with Crippen LogP contribution in [-0.2, 0) is 0 Å². The average Bonchev–Trinajstić information content (AvgIpc) is 2.80. The first kappa shape index (κ1) is 11.6. The van der Waals surface area contributed by atoms with Crippen molar-refractivity contribution in [2.75, 3.05) is 12.8 Å². The van der Waals surface area contributed by atoms with E-state index < -0.39 is 5.91 Å². The summed E-state index contributed by atoms with van der Waals surface area (Å²) >= 11 is 3.32. The lowest BCUT2D eigenvalue weighted by Gasteiger charge is -2.00. The van der Waals surface area contributed by atoms with Crippen LogP contribution < -0.4 is 11.1 Å². The number of nitrogens with zero attached hydrogens (tertiary/aromatic N) is 2. The minimum atomic E-state index is -0.409. The van der Waals surface area contributed by atoms with Crippen LogP contribution in [0.3, 0.4) is 0 Å². The molecule has 0 aliphatic rings. The SMILES string of the molecule is CNC(=O)c1noc(-c2cc(Br)ccc2N)n1. The molecular weight excluding hydrogens is 288 g/mol. The molecule has 0 aliphatic carbocycles. The van der Waals surface area contributed by atoms with Crippen molar-refractivity contribution in [3.05, 3.63) is 28.5 Å². The van der Waals surface area contributed by atoms with Gasteiger partial charge in [0.05, 0.1) is 5.56 Å². The number of aromatic nitrogens is 2. The van der Waals surface area contributed by atoms with Gasteiger partial charge in [0.1, 0.15) is 0 Å². The molecule has 0 aliphatic heterocycles. The summed E-state index contributed by atoms with van der Waals surface area (Å²) in [6.45, 7) is 0. The van der Waals surface area contributed by atoms with Crippen molar-refractivity contribution in [3.8, 4) is 11.5 Å². The summed E-state index contributed by atoms with van der Waals surface area (Å²) in [5.41, 5.74) is 6.88. The Balaban J connectivity index is 2.43. The fourth-order valence-electron chi connectivity index (χ4n) is 1.25. The second-order valence-electron chi connectivity index (χ2n) is 3.23. The van der Waals surface area contributed by atoms with Crippen molar-refractivity contribution >= 4 is 27.5 Å². The Morgan fingerprint density at radius 1 is 1.53 bits per heavy atom. The zero-order chi connectivity index (χ0) is 12.4. The summed E-state index contributed by atoms with van der Waals surface area (Å²) in [5, 5.41) is 5.97. The lowest BCUT2D eigenvalue weighted by molar-refractivity contribution is 0.0950.